The fraction of sp³-hybridized carbons (Fsp3) is 0.429. The summed E-state index contributed by atoms with van der Waals surface area (Å²) < 4.78 is 1.76. The summed E-state index contributed by atoms with van der Waals surface area (Å²) in [6.45, 7) is 3.97. The van der Waals surface area contributed by atoms with Crippen LogP contribution in [0, 0.1) is 13.8 Å². The van der Waals surface area contributed by atoms with E-state index in [1.807, 2.05) is 20.9 Å². The smallest absolute Gasteiger partial charge is 0.305 e. The summed E-state index contributed by atoms with van der Waals surface area (Å²) >= 11 is 0. The number of rotatable bonds is 5. The van der Waals surface area contributed by atoms with E-state index in [2.05, 4.69) is 15.3 Å². The van der Waals surface area contributed by atoms with Gasteiger partial charge in [-0.25, -0.2) is 0 Å². The minimum absolute atomic E-state index is 0.0932. The minimum atomic E-state index is -0.938. The molecule has 0 fully saturated rings. The number of carbonyl (C=O) groups excluding carboxylic acids is 1. The van der Waals surface area contributed by atoms with E-state index >= 15 is 0 Å². The maximum Gasteiger partial charge on any atom is 0.305 e. The summed E-state index contributed by atoms with van der Waals surface area (Å²) in [5, 5.41) is 19.9. The molecule has 118 valence electrons. The molecule has 8 heteroatoms. The number of aromatic amines is 1. The minimum Gasteiger partial charge on any atom is -0.481 e. The number of hydrogen-bond donors (Lipinski definition) is 2. The maximum absolute atomic E-state index is 12.2. The number of carboxylic acid groups (broad SMARTS) is 1. The molecule has 2 N–H and O–H groups in total. The predicted octanol–water partition coefficient (Wildman–Crippen LogP) is 0.974. The van der Waals surface area contributed by atoms with E-state index in [1.54, 1.807) is 17.8 Å². The average molecular weight is 305 g/mol. The van der Waals surface area contributed by atoms with Crippen LogP contribution in [0.1, 0.15) is 28.3 Å². The first-order valence-electron chi connectivity index (χ1n) is 6.84. The fourth-order valence-corrected chi connectivity index (χ4v) is 2.27. The summed E-state index contributed by atoms with van der Waals surface area (Å²) in [6.07, 6.45) is -0.0932. The Kier molecular flexibility index (Phi) is 4.30. The van der Waals surface area contributed by atoms with Crippen LogP contribution in [0.25, 0.3) is 11.3 Å². The number of hydrogen-bond acceptors (Lipinski definition) is 4. The van der Waals surface area contributed by atoms with Crippen LogP contribution in [0.3, 0.4) is 0 Å². The zero-order valence-corrected chi connectivity index (χ0v) is 13.0. The number of carboxylic acids is 1. The van der Waals surface area contributed by atoms with Gasteiger partial charge in [0.15, 0.2) is 0 Å². The van der Waals surface area contributed by atoms with Gasteiger partial charge in [0.1, 0.15) is 5.69 Å². The number of aryl methyl sites for hydroxylation is 2. The van der Waals surface area contributed by atoms with E-state index < -0.39 is 5.97 Å². The molecule has 0 spiro atoms. The standard InChI is InChI=1S/C14H19N5O3/c1-8-13(9(2)19(4)17-8)10-7-11(16-15-10)14(22)18(3)6-5-12(20)21/h7H,5-6H2,1-4H3,(H,15,16)(H,20,21). The highest BCUT2D eigenvalue weighted by atomic mass is 16.4. The van der Waals surface area contributed by atoms with Crippen LogP contribution in [0.15, 0.2) is 6.07 Å². The molecule has 1 amide bonds. The second-order valence-corrected chi connectivity index (χ2v) is 5.21. The molecule has 2 aromatic rings. The Labute approximate surface area is 127 Å². The van der Waals surface area contributed by atoms with Crippen molar-refractivity contribution in [2.75, 3.05) is 13.6 Å². The summed E-state index contributed by atoms with van der Waals surface area (Å²) in [6, 6.07) is 1.66. The van der Waals surface area contributed by atoms with Crippen LogP contribution < -0.4 is 0 Å². The van der Waals surface area contributed by atoms with Crippen molar-refractivity contribution in [3.63, 3.8) is 0 Å². The van der Waals surface area contributed by atoms with Crippen molar-refractivity contribution in [3.05, 3.63) is 23.1 Å². The van der Waals surface area contributed by atoms with Gasteiger partial charge in [0, 0.05) is 31.9 Å². The first kappa shape index (κ1) is 15.7. The normalized spacial score (nSPS) is 10.7. The molecule has 0 aliphatic heterocycles. The van der Waals surface area contributed by atoms with E-state index in [1.165, 1.54) is 4.90 Å². The Morgan fingerprint density at radius 1 is 1.41 bits per heavy atom. The molecule has 0 aliphatic carbocycles. The van der Waals surface area contributed by atoms with Gasteiger partial charge >= 0.3 is 5.97 Å². The molecule has 2 aromatic heterocycles. The van der Waals surface area contributed by atoms with Crippen molar-refractivity contribution in [1.82, 2.24) is 24.9 Å². The first-order valence-corrected chi connectivity index (χ1v) is 6.84. The lowest BCUT2D eigenvalue weighted by atomic mass is 10.1. The average Bonchev–Trinajstić information content (AvgIpc) is 3.01. The molecule has 0 aromatic carbocycles. The monoisotopic (exact) mass is 305 g/mol. The predicted molar refractivity (Wildman–Crippen MR) is 79.5 cm³/mol. The summed E-state index contributed by atoms with van der Waals surface area (Å²) in [4.78, 5) is 24.1. The van der Waals surface area contributed by atoms with E-state index in [4.69, 9.17) is 5.11 Å². The van der Waals surface area contributed by atoms with Gasteiger partial charge in [0.05, 0.1) is 17.8 Å². The number of aromatic nitrogens is 4. The molecule has 0 saturated heterocycles. The SMILES string of the molecule is Cc1nn(C)c(C)c1-c1cc(C(=O)N(C)CCC(=O)O)[nH]n1. The van der Waals surface area contributed by atoms with Crippen LogP contribution in [-0.2, 0) is 11.8 Å². The van der Waals surface area contributed by atoms with Crippen LogP contribution in [0.5, 0.6) is 0 Å². The van der Waals surface area contributed by atoms with E-state index in [0.29, 0.717) is 11.4 Å². The highest BCUT2D eigenvalue weighted by molar-refractivity contribution is 5.93. The highest BCUT2D eigenvalue weighted by Gasteiger charge is 2.19. The summed E-state index contributed by atoms with van der Waals surface area (Å²) in [5.74, 6) is -1.23. The quantitative estimate of drug-likeness (QED) is 0.856. The zero-order valence-electron chi connectivity index (χ0n) is 13.0. The number of nitrogens with one attached hydrogen (secondary N) is 1. The third-order valence-corrected chi connectivity index (χ3v) is 3.58. The third-order valence-electron chi connectivity index (χ3n) is 3.58. The molecule has 2 heterocycles. The number of carbonyl (C=O) groups is 2. The van der Waals surface area contributed by atoms with E-state index in [9.17, 15) is 9.59 Å². The Balaban J connectivity index is 2.21. The molecule has 2 rings (SSSR count). The van der Waals surface area contributed by atoms with Gasteiger partial charge in [0.25, 0.3) is 5.91 Å². The Hall–Kier alpha value is -2.64. The second kappa shape index (κ2) is 6.00. The first-order chi connectivity index (χ1) is 10.3. The molecular weight excluding hydrogens is 286 g/mol. The Morgan fingerprint density at radius 2 is 2.09 bits per heavy atom. The fourth-order valence-electron chi connectivity index (χ4n) is 2.27. The van der Waals surface area contributed by atoms with Gasteiger partial charge in [-0.05, 0) is 19.9 Å². The van der Waals surface area contributed by atoms with Gasteiger partial charge < -0.3 is 10.0 Å². The summed E-state index contributed by atoms with van der Waals surface area (Å²) in [5.41, 5.74) is 3.67. The van der Waals surface area contributed by atoms with Crippen molar-refractivity contribution in [1.29, 1.82) is 0 Å². The Bertz CT molecular complexity index is 716. The van der Waals surface area contributed by atoms with Crippen LogP contribution in [-0.4, -0.2) is 55.5 Å². The molecule has 8 nitrogen and oxygen atoms in total. The van der Waals surface area contributed by atoms with Gasteiger partial charge in [-0.2, -0.15) is 10.2 Å². The van der Waals surface area contributed by atoms with E-state index in [-0.39, 0.29) is 18.9 Å². The van der Waals surface area contributed by atoms with Crippen LogP contribution >= 0.6 is 0 Å². The maximum atomic E-state index is 12.2. The van der Waals surface area contributed by atoms with Crippen molar-refractivity contribution >= 4 is 11.9 Å². The van der Waals surface area contributed by atoms with Gasteiger partial charge in [-0.1, -0.05) is 0 Å². The topological polar surface area (TPSA) is 104 Å². The van der Waals surface area contributed by atoms with Gasteiger partial charge in [-0.3, -0.25) is 19.4 Å². The molecule has 22 heavy (non-hydrogen) atoms. The third kappa shape index (κ3) is 3.00. The summed E-state index contributed by atoms with van der Waals surface area (Å²) in [7, 11) is 3.41. The molecule has 0 bridgehead atoms. The molecule has 0 radical (unpaired) electrons. The molecule has 0 atom stereocenters. The number of H-pyrrole nitrogens is 1. The van der Waals surface area contributed by atoms with Gasteiger partial charge in [0.2, 0.25) is 0 Å². The van der Waals surface area contributed by atoms with Crippen molar-refractivity contribution in [3.8, 4) is 11.3 Å². The lowest BCUT2D eigenvalue weighted by Gasteiger charge is -2.14. The largest absolute Gasteiger partial charge is 0.481 e. The molecule has 0 unspecified atom stereocenters. The molecular formula is C14H19N5O3. The highest BCUT2D eigenvalue weighted by Crippen LogP contribution is 2.25. The number of amides is 1. The zero-order chi connectivity index (χ0) is 16.4. The van der Waals surface area contributed by atoms with Crippen LogP contribution in [0.4, 0.5) is 0 Å². The van der Waals surface area contributed by atoms with Crippen molar-refractivity contribution < 1.29 is 14.7 Å². The lowest BCUT2D eigenvalue weighted by molar-refractivity contribution is -0.137. The van der Waals surface area contributed by atoms with Crippen molar-refractivity contribution in [2.45, 2.75) is 20.3 Å². The number of aliphatic carboxylic acids is 1. The number of nitrogens with zero attached hydrogens (tertiary/aromatic N) is 4. The van der Waals surface area contributed by atoms with Crippen LogP contribution in [0.2, 0.25) is 0 Å². The molecule has 0 saturated carbocycles. The van der Waals surface area contributed by atoms with Crippen molar-refractivity contribution in [2.24, 2.45) is 7.05 Å². The van der Waals surface area contributed by atoms with Gasteiger partial charge in [-0.15, -0.1) is 0 Å². The second-order valence-electron chi connectivity index (χ2n) is 5.21. The lowest BCUT2D eigenvalue weighted by Crippen LogP contribution is -2.29. The Morgan fingerprint density at radius 3 is 2.64 bits per heavy atom. The van der Waals surface area contributed by atoms with E-state index in [0.717, 1.165) is 17.0 Å². The molecule has 0 aliphatic rings.